The highest BCUT2D eigenvalue weighted by Crippen LogP contribution is 2.22. The van der Waals surface area contributed by atoms with Gasteiger partial charge in [0.15, 0.2) is 0 Å². The largest absolute Gasteiger partial charge is 0.439 e. The van der Waals surface area contributed by atoms with Gasteiger partial charge in [-0.25, -0.2) is 24.1 Å². The molecule has 2 heterocycles. The van der Waals surface area contributed by atoms with Crippen LogP contribution in [-0.4, -0.2) is 32.0 Å². The van der Waals surface area contributed by atoms with Crippen molar-refractivity contribution >= 4 is 11.5 Å². The zero-order chi connectivity index (χ0) is 29.4. The van der Waals surface area contributed by atoms with Gasteiger partial charge < -0.3 is 9.47 Å². The van der Waals surface area contributed by atoms with Crippen LogP contribution in [0.1, 0.15) is 43.5 Å². The molecule has 0 unspecified atom stereocenters. The van der Waals surface area contributed by atoms with Crippen LogP contribution in [0.3, 0.4) is 0 Å². The van der Waals surface area contributed by atoms with E-state index >= 15 is 0 Å². The molecule has 1 N–H and O–H groups in total. The summed E-state index contributed by atoms with van der Waals surface area (Å²) in [5.74, 6) is 0.523. The third-order valence-electron chi connectivity index (χ3n) is 6.51. The molecule has 2 aromatic heterocycles. The third kappa shape index (κ3) is 7.76. The molecule has 0 aliphatic heterocycles. The molecule has 0 aliphatic carbocycles. The van der Waals surface area contributed by atoms with E-state index in [0.29, 0.717) is 36.8 Å². The van der Waals surface area contributed by atoms with Crippen molar-refractivity contribution in [3.63, 3.8) is 0 Å². The summed E-state index contributed by atoms with van der Waals surface area (Å²) in [5, 5.41) is 0. The second-order valence-corrected chi connectivity index (χ2v) is 9.94. The monoisotopic (exact) mass is 557 g/mol. The fraction of sp³-hybridized carbons (Fsp3) is 0.323. The summed E-state index contributed by atoms with van der Waals surface area (Å²) in [4.78, 5) is 50.8. The first-order valence-electron chi connectivity index (χ1n) is 13.6. The number of carbonyl (C=O) groups excluding carboxylic acids is 1. The lowest BCUT2D eigenvalue weighted by atomic mass is 10.0. The number of H-pyrrole nitrogens is 1. The second-order valence-electron chi connectivity index (χ2n) is 9.94. The Kier molecular flexibility index (Phi) is 9.81. The molecule has 0 aliphatic rings. The molecule has 1 atom stereocenters. The van der Waals surface area contributed by atoms with E-state index in [1.807, 2.05) is 50.2 Å². The minimum atomic E-state index is -0.618. The molecule has 214 valence electrons. The fourth-order valence-corrected chi connectivity index (χ4v) is 4.26. The average molecular weight is 558 g/mol. The number of aromatic amines is 1. The molecule has 4 rings (SSSR count). The van der Waals surface area contributed by atoms with Crippen LogP contribution in [-0.2, 0) is 29.2 Å². The zero-order valence-corrected chi connectivity index (χ0v) is 23.8. The lowest BCUT2D eigenvalue weighted by Crippen LogP contribution is -2.51. The van der Waals surface area contributed by atoms with Gasteiger partial charge in [0, 0.05) is 32.1 Å². The number of ketones is 1. The Labute approximate surface area is 238 Å². The number of Topliss-reactive ketones (excluding diaryl/α,β-unsaturated/α-hetero) is 1. The van der Waals surface area contributed by atoms with E-state index in [0.717, 1.165) is 21.4 Å². The number of carbonyl (C=O) groups is 1. The highest BCUT2D eigenvalue weighted by atomic mass is 16.5. The van der Waals surface area contributed by atoms with Crippen LogP contribution >= 0.6 is 0 Å². The Bertz CT molecular complexity index is 1670. The summed E-state index contributed by atoms with van der Waals surface area (Å²) >= 11 is 0. The number of hydrogen-bond acceptors (Lipinski definition) is 7. The van der Waals surface area contributed by atoms with Crippen molar-refractivity contribution in [2.75, 3.05) is 7.11 Å². The quantitative estimate of drug-likeness (QED) is 0.278. The van der Waals surface area contributed by atoms with Crippen molar-refractivity contribution in [1.82, 2.24) is 19.1 Å². The molecule has 0 amide bonds. The Morgan fingerprint density at radius 2 is 1.76 bits per heavy atom. The van der Waals surface area contributed by atoms with Crippen molar-refractivity contribution in [3.05, 3.63) is 110 Å². The Morgan fingerprint density at radius 3 is 2.44 bits per heavy atom. The molecular weight excluding hydrogens is 522 g/mol. The second kappa shape index (κ2) is 13.7. The highest BCUT2D eigenvalue weighted by Gasteiger charge is 2.17. The molecule has 0 bridgehead atoms. The summed E-state index contributed by atoms with van der Waals surface area (Å²) in [6.07, 6.45) is 1.11. The van der Waals surface area contributed by atoms with E-state index in [-0.39, 0.29) is 24.5 Å². The zero-order valence-electron chi connectivity index (χ0n) is 23.8. The standard InChI is InChI=1S/C31H35N5O5/c1-5-7-27(37)22(3)18-36-30(38)34-29(35(31(36)39)19-23-12-10-21(2)11-13-23)33-24-14-16-26(17-15-24)41-28-9-6-8-25(32-28)20-40-4/h6,8-17,22H,5,7,18-20H2,1-4H3,(H,33,34,38)/t22-/m0/s1. The molecule has 2 aromatic carbocycles. The molecule has 0 radical (unpaired) electrons. The average Bonchev–Trinajstić information content (AvgIpc) is 2.95. The van der Waals surface area contributed by atoms with Gasteiger partial charge >= 0.3 is 11.4 Å². The van der Waals surface area contributed by atoms with Crippen molar-refractivity contribution in [2.24, 2.45) is 10.9 Å². The van der Waals surface area contributed by atoms with E-state index in [2.05, 4.69) is 15.0 Å². The van der Waals surface area contributed by atoms with Gasteiger partial charge in [-0.05, 0) is 49.2 Å². The van der Waals surface area contributed by atoms with Gasteiger partial charge in [-0.3, -0.25) is 14.3 Å². The maximum Gasteiger partial charge on any atom is 0.335 e. The molecule has 0 saturated heterocycles. The number of ether oxygens (including phenoxy) is 2. The van der Waals surface area contributed by atoms with Crippen LogP contribution < -0.4 is 21.7 Å². The lowest BCUT2D eigenvalue weighted by molar-refractivity contribution is -0.122. The van der Waals surface area contributed by atoms with Crippen molar-refractivity contribution < 1.29 is 14.3 Å². The molecule has 0 fully saturated rings. The molecule has 4 aromatic rings. The van der Waals surface area contributed by atoms with E-state index in [9.17, 15) is 14.4 Å². The molecule has 10 heteroatoms. The van der Waals surface area contributed by atoms with Gasteiger partial charge in [0.1, 0.15) is 11.5 Å². The Hall–Kier alpha value is -4.57. The number of aromatic nitrogens is 4. The normalized spacial score (nSPS) is 12.3. The first kappa shape index (κ1) is 29.4. The van der Waals surface area contributed by atoms with Crippen LogP contribution in [0.5, 0.6) is 11.6 Å². The number of hydrogen-bond donors (Lipinski definition) is 1. The molecule has 0 spiro atoms. The minimum Gasteiger partial charge on any atom is -0.439 e. The molecule has 0 saturated carbocycles. The smallest absolute Gasteiger partial charge is 0.335 e. The number of nitrogens with one attached hydrogen (secondary N) is 1. The van der Waals surface area contributed by atoms with Gasteiger partial charge in [-0.1, -0.05) is 49.7 Å². The maximum absolute atomic E-state index is 13.6. The number of methoxy groups -OCH3 is 1. The summed E-state index contributed by atoms with van der Waals surface area (Å²) < 4.78 is 13.5. The summed E-state index contributed by atoms with van der Waals surface area (Å²) in [6, 6.07) is 20.1. The number of nitrogens with zero attached hydrogens (tertiary/aromatic N) is 4. The Balaban J connectivity index is 1.69. The van der Waals surface area contributed by atoms with Crippen LogP contribution in [0.25, 0.3) is 0 Å². The minimum absolute atomic E-state index is 0.00711. The van der Waals surface area contributed by atoms with Crippen molar-refractivity contribution in [3.8, 4) is 11.6 Å². The number of benzene rings is 2. The lowest BCUT2D eigenvalue weighted by Gasteiger charge is -2.14. The number of aryl methyl sites for hydroxylation is 1. The van der Waals surface area contributed by atoms with Gasteiger partial charge in [0.05, 0.1) is 24.5 Å². The van der Waals surface area contributed by atoms with Gasteiger partial charge in [0.2, 0.25) is 11.5 Å². The van der Waals surface area contributed by atoms with Gasteiger partial charge in [-0.15, -0.1) is 0 Å². The maximum atomic E-state index is 13.6. The highest BCUT2D eigenvalue weighted by molar-refractivity contribution is 5.80. The van der Waals surface area contributed by atoms with Gasteiger partial charge in [-0.2, -0.15) is 0 Å². The Morgan fingerprint density at radius 1 is 1.02 bits per heavy atom. The van der Waals surface area contributed by atoms with E-state index < -0.39 is 17.3 Å². The van der Waals surface area contributed by atoms with Crippen LogP contribution in [0.4, 0.5) is 5.69 Å². The SMILES string of the molecule is CCCC(=O)[C@@H](C)Cn1c(=O)[nH]/c(=N\c2ccc(Oc3cccc(COC)n3)cc2)n(Cc2ccc(C)cc2)c1=O. The van der Waals surface area contributed by atoms with Crippen LogP contribution in [0.15, 0.2) is 81.3 Å². The third-order valence-corrected chi connectivity index (χ3v) is 6.51. The molecular formula is C31H35N5O5. The molecule has 41 heavy (non-hydrogen) atoms. The van der Waals surface area contributed by atoms with Crippen LogP contribution in [0.2, 0.25) is 0 Å². The topological polar surface area (TPSA) is 121 Å². The summed E-state index contributed by atoms with van der Waals surface area (Å²) in [7, 11) is 1.60. The predicted molar refractivity (Wildman–Crippen MR) is 155 cm³/mol. The summed E-state index contributed by atoms with van der Waals surface area (Å²) in [6.45, 7) is 6.20. The van der Waals surface area contributed by atoms with Crippen molar-refractivity contribution in [2.45, 2.75) is 53.3 Å². The van der Waals surface area contributed by atoms with E-state index in [4.69, 9.17) is 9.47 Å². The van der Waals surface area contributed by atoms with E-state index in [1.165, 1.54) is 4.57 Å². The fourth-order valence-electron chi connectivity index (χ4n) is 4.26. The van der Waals surface area contributed by atoms with Crippen molar-refractivity contribution in [1.29, 1.82) is 0 Å². The molecule has 10 nitrogen and oxygen atoms in total. The van der Waals surface area contributed by atoms with Crippen LogP contribution in [0, 0.1) is 12.8 Å². The number of rotatable bonds is 12. The first-order chi connectivity index (χ1) is 19.8. The first-order valence-corrected chi connectivity index (χ1v) is 13.6. The number of pyridine rings is 1. The summed E-state index contributed by atoms with van der Waals surface area (Å²) in [5.41, 5.74) is 2.17. The van der Waals surface area contributed by atoms with Gasteiger partial charge in [0.25, 0.3) is 0 Å². The van der Waals surface area contributed by atoms with E-state index in [1.54, 1.807) is 44.4 Å². The predicted octanol–water partition coefficient (Wildman–Crippen LogP) is 4.27.